The van der Waals surface area contributed by atoms with Crippen LogP contribution in [0.4, 0.5) is 0 Å². The van der Waals surface area contributed by atoms with Gasteiger partial charge < -0.3 is 5.11 Å². The first-order valence-electron chi connectivity index (χ1n) is 6.78. The summed E-state index contributed by atoms with van der Waals surface area (Å²) in [6.07, 6.45) is 0.769. The van der Waals surface area contributed by atoms with Gasteiger partial charge in [-0.05, 0) is 54.9 Å². The molecule has 20 heavy (non-hydrogen) atoms. The van der Waals surface area contributed by atoms with Gasteiger partial charge in [-0.15, -0.1) is 0 Å². The van der Waals surface area contributed by atoms with E-state index >= 15 is 0 Å². The van der Waals surface area contributed by atoms with Crippen molar-refractivity contribution in [2.45, 2.75) is 84.7 Å². The number of rotatable bonds is 8. The molecule has 0 heterocycles. The molecule has 6 heteroatoms. The molecule has 0 saturated heterocycles. The van der Waals surface area contributed by atoms with Gasteiger partial charge in [0.15, 0.2) is 0 Å². The van der Waals surface area contributed by atoms with Crippen LogP contribution in [0.2, 0.25) is 0 Å². The van der Waals surface area contributed by atoms with Crippen LogP contribution in [0.1, 0.15) is 67.7 Å². The van der Waals surface area contributed by atoms with Crippen LogP contribution in [-0.4, -0.2) is 28.1 Å². The SMILES string of the molecule is CC(C)(C)OOC(C)(CCCC(=O)O)OOC(C)(C)C. The summed E-state index contributed by atoms with van der Waals surface area (Å²) in [5.74, 6) is -2.02. The molecule has 0 aliphatic rings. The molecule has 0 atom stereocenters. The molecule has 6 nitrogen and oxygen atoms in total. The summed E-state index contributed by atoms with van der Waals surface area (Å²) >= 11 is 0. The van der Waals surface area contributed by atoms with Gasteiger partial charge >= 0.3 is 5.97 Å². The number of hydrogen-bond acceptors (Lipinski definition) is 5. The smallest absolute Gasteiger partial charge is 0.303 e. The van der Waals surface area contributed by atoms with Crippen LogP contribution in [0, 0.1) is 0 Å². The van der Waals surface area contributed by atoms with Crippen molar-refractivity contribution in [3.05, 3.63) is 0 Å². The predicted molar refractivity (Wildman–Crippen MR) is 73.7 cm³/mol. The highest BCUT2D eigenvalue weighted by molar-refractivity contribution is 5.66. The molecule has 0 rings (SSSR count). The number of aliphatic carboxylic acids is 1. The van der Waals surface area contributed by atoms with Gasteiger partial charge in [-0.3, -0.25) is 4.79 Å². The molecule has 120 valence electrons. The van der Waals surface area contributed by atoms with Crippen LogP contribution in [0.25, 0.3) is 0 Å². The zero-order chi connectivity index (χ0) is 16.0. The Balaban J connectivity index is 4.53. The van der Waals surface area contributed by atoms with Crippen molar-refractivity contribution in [1.82, 2.24) is 0 Å². The van der Waals surface area contributed by atoms with E-state index in [1.807, 2.05) is 41.5 Å². The summed E-state index contributed by atoms with van der Waals surface area (Å²) in [6, 6.07) is 0. The van der Waals surface area contributed by atoms with Gasteiger partial charge in [0.05, 0.1) is 11.2 Å². The molecule has 0 unspecified atom stereocenters. The van der Waals surface area contributed by atoms with Gasteiger partial charge in [0, 0.05) is 12.8 Å². The van der Waals surface area contributed by atoms with Gasteiger partial charge in [-0.2, -0.15) is 9.78 Å². The fraction of sp³-hybridized carbons (Fsp3) is 0.929. The first-order chi connectivity index (χ1) is 8.83. The number of hydrogen-bond donors (Lipinski definition) is 1. The molecule has 0 saturated carbocycles. The van der Waals surface area contributed by atoms with Gasteiger partial charge in [-0.1, -0.05) is 0 Å². The minimum atomic E-state index is -1.16. The van der Waals surface area contributed by atoms with Crippen molar-refractivity contribution in [1.29, 1.82) is 0 Å². The largest absolute Gasteiger partial charge is 0.481 e. The summed E-state index contributed by atoms with van der Waals surface area (Å²) in [6.45, 7) is 12.7. The van der Waals surface area contributed by atoms with Gasteiger partial charge in [0.1, 0.15) is 0 Å². The number of carboxylic acid groups (broad SMARTS) is 1. The standard InChI is InChI=1S/C14H28O6/c1-12(2,3)17-19-14(7,10-8-9-11(15)16)20-18-13(4,5)6/h8-10H2,1-7H3,(H,15,16). The Bertz CT molecular complexity index is 282. The maximum atomic E-state index is 10.6. The van der Waals surface area contributed by atoms with Crippen molar-refractivity contribution in [3.8, 4) is 0 Å². The third-order valence-corrected chi connectivity index (χ3v) is 1.96. The Morgan fingerprint density at radius 1 is 0.850 bits per heavy atom. The lowest BCUT2D eigenvalue weighted by atomic mass is 10.1. The second kappa shape index (κ2) is 7.36. The van der Waals surface area contributed by atoms with E-state index in [0.717, 1.165) is 0 Å². The Morgan fingerprint density at radius 3 is 1.55 bits per heavy atom. The van der Waals surface area contributed by atoms with Crippen molar-refractivity contribution in [3.63, 3.8) is 0 Å². The second-order valence-corrected chi connectivity index (χ2v) is 6.94. The van der Waals surface area contributed by atoms with E-state index in [-0.39, 0.29) is 6.42 Å². The molecule has 0 aromatic heterocycles. The lowest BCUT2D eigenvalue weighted by Gasteiger charge is -2.32. The lowest BCUT2D eigenvalue weighted by molar-refractivity contribution is -0.537. The van der Waals surface area contributed by atoms with Crippen LogP contribution in [0.5, 0.6) is 0 Å². The van der Waals surface area contributed by atoms with Crippen LogP contribution in [0.3, 0.4) is 0 Å². The summed E-state index contributed by atoms with van der Waals surface area (Å²) in [5, 5.41) is 8.68. The molecular formula is C14H28O6. The number of carboxylic acids is 1. The normalized spacial score (nSPS) is 13.6. The van der Waals surface area contributed by atoms with Crippen LogP contribution in [0.15, 0.2) is 0 Å². The number of carbonyl (C=O) groups is 1. The quantitative estimate of drug-likeness (QED) is 0.419. The molecule has 0 radical (unpaired) electrons. The Kier molecular flexibility index (Phi) is 7.10. The second-order valence-electron chi connectivity index (χ2n) is 6.94. The van der Waals surface area contributed by atoms with Gasteiger partial charge in [0.2, 0.25) is 5.79 Å². The molecule has 0 fully saturated rings. The van der Waals surface area contributed by atoms with Crippen LogP contribution < -0.4 is 0 Å². The third kappa shape index (κ3) is 11.2. The Hall–Kier alpha value is -0.690. The fourth-order valence-electron chi connectivity index (χ4n) is 1.08. The molecule has 0 amide bonds. The summed E-state index contributed by atoms with van der Waals surface area (Å²) in [7, 11) is 0. The highest BCUT2D eigenvalue weighted by atomic mass is 17.3. The van der Waals surface area contributed by atoms with E-state index in [0.29, 0.717) is 12.8 Å². The van der Waals surface area contributed by atoms with Crippen molar-refractivity contribution in [2.75, 3.05) is 0 Å². The van der Waals surface area contributed by atoms with Gasteiger partial charge in [0.25, 0.3) is 0 Å². The van der Waals surface area contributed by atoms with E-state index in [9.17, 15) is 4.79 Å². The molecule has 0 spiro atoms. The van der Waals surface area contributed by atoms with Crippen molar-refractivity contribution >= 4 is 5.97 Å². The minimum Gasteiger partial charge on any atom is -0.481 e. The minimum absolute atomic E-state index is 0.0351. The zero-order valence-corrected chi connectivity index (χ0v) is 13.6. The highest BCUT2D eigenvalue weighted by Crippen LogP contribution is 2.26. The van der Waals surface area contributed by atoms with E-state index in [2.05, 4.69) is 0 Å². The van der Waals surface area contributed by atoms with E-state index < -0.39 is 23.0 Å². The van der Waals surface area contributed by atoms with Gasteiger partial charge in [-0.25, -0.2) is 9.78 Å². The summed E-state index contributed by atoms with van der Waals surface area (Å²) in [4.78, 5) is 31.8. The molecule has 0 aromatic carbocycles. The lowest BCUT2D eigenvalue weighted by Crippen LogP contribution is -2.38. The maximum absolute atomic E-state index is 10.6. The molecular weight excluding hydrogens is 264 g/mol. The summed E-state index contributed by atoms with van der Waals surface area (Å²) in [5.41, 5.74) is -1.00. The predicted octanol–water partition coefficient (Wildman–Crippen LogP) is 3.45. The Morgan fingerprint density at radius 2 is 1.25 bits per heavy atom. The summed E-state index contributed by atoms with van der Waals surface area (Å²) < 4.78 is 0. The first-order valence-corrected chi connectivity index (χ1v) is 6.78. The molecule has 0 aromatic rings. The molecule has 0 bridgehead atoms. The highest BCUT2D eigenvalue weighted by Gasteiger charge is 2.33. The monoisotopic (exact) mass is 292 g/mol. The van der Waals surface area contributed by atoms with Crippen molar-refractivity contribution < 1.29 is 29.5 Å². The zero-order valence-electron chi connectivity index (χ0n) is 13.6. The first kappa shape index (κ1) is 19.3. The Labute approximate surface area is 121 Å². The third-order valence-electron chi connectivity index (χ3n) is 1.96. The molecule has 0 aliphatic carbocycles. The molecule has 1 N–H and O–H groups in total. The van der Waals surface area contributed by atoms with E-state index in [1.165, 1.54) is 0 Å². The van der Waals surface area contributed by atoms with Crippen LogP contribution in [-0.2, 0) is 24.3 Å². The van der Waals surface area contributed by atoms with E-state index in [1.54, 1.807) is 6.92 Å². The maximum Gasteiger partial charge on any atom is 0.303 e. The molecule has 0 aliphatic heterocycles. The van der Waals surface area contributed by atoms with Crippen molar-refractivity contribution in [2.24, 2.45) is 0 Å². The topological polar surface area (TPSA) is 74.2 Å². The van der Waals surface area contributed by atoms with Crippen LogP contribution >= 0.6 is 0 Å². The van der Waals surface area contributed by atoms with E-state index in [4.69, 9.17) is 24.7 Å². The average Bonchev–Trinajstić information content (AvgIpc) is 2.22. The average molecular weight is 292 g/mol. The fourth-order valence-corrected chi connectivity index (χ4v) is 1.08.